The summed E-state index contributed by atoms with van der Waals surface area (Å²) in [4.78, 5) is 25.2. The maximum atomic E-state index is 12.9. The highest BCUT2D eigenvalue weighted by atomic mass is 16.7. The third kappa shape index (κ3) is 4.74. The summed E-state index contributed by atoms with van der Waals surface area (Å²) in [5, 5.41) is 13.4. The van der Waals surface area contributed by atoms with Gasteiger partial charge in [-0.3, -0.25) is 14.2 Å². The van der Waals surface area contributed by atoms with Crippen molar-refractivity contribution in [3.8, 4) is 0 Å². The van der Waals surface area contributed by atoms with Gasteiger partial charge in [-0.1, -0.05) is 18.2 Å². The smallest absolute Gasteiger partial charge is 0.286 e. The van der Waals surface area contributed by atoms with Crippen LogP contribution in [0.4, 0.5) is 0 Å². The van der Waals surface area contributed by atoms with E-state index in [1.54, 1.807) is 11.5 Å². The van der Waals surface area contributed by atoms with Crippen LogP contribution in [0.15, 0.2) is 42.3 Å². The second-order valence-corrected chi connectivity index (χ2v) is 8.67. The lowest BCUT2D eigenvalue weighted by molar-refractivity contribution is -0.166. The normalized spacial score (nSPS) is 23.0. The SMILES string of the molecule is CCOC1OC(C(=O)NCC2CC2)=CC(c2cn(C(C)=O)c3ccccc23)C1CCCO. The topological polar surface area (TPSA) is 89.8 Å². The number of nitrogens with one attached hydrogen (secondary N) is 1. The van der Waals surface area contributed by atoms with Gasteiger partial charge < -0.3 is 19.9 Å². The molecule has 1 aliphatic carbocycles. The van der Waals surface area contributed by atoms with Crippen molar-refractivity contribution in [1.82, 2.24) is 9.88 Å². The van der Waals surface area contributed by atoms with Crippen molar-refractivity contribution >= 4 is 22.7 Å². The molecule has 3 atom stereocenters. The van der Waals surface area contributed by atoms with Crippen LogP contribution in [-0.4, -0.2) is 47.5 Å². The van der Waals surface area contributed by atoms with Gasteiger partial charge in [-0.2, -0.15) is 0 Å². The molecule has 1 aromatic heterocycles. The quantitative estimate of drug-likeness (QED) is 0.622. The van der Waals surface area contributed by atoms with Crippen molar-refractivity contribution in [3.63, 3.8) is 0 Å². The molecular weight excluding hydrogens is 408 g/mol. The molecule has 2 heterocycles. The maximum absolute atomic E-state index is 12.9. The highest BCUT2D eigenvalue weighted by molar-refractivity contribution is 5.95. The van der Waals surface area contributed by atoms with Crippen LogP contribution in [0.2, 0.25) is 0 Å². The molecule has 0 bridgehead atoms. The van der Waals surface area contributed by atoms with E-state index in [2.05, 4.69) is 5.32 Å². The fourth-order valence-electron chi connectivity index (χ4n) is 4.50. The number of nitrogens with zero attached hydrogens (tertiary/aromatic N) is 1. The Hall–Kier alpha value is -2.64. The van der Waals surface area contributed by atoms with Gasteiger partial charge in [0.05, 0.1) is 5.52 Å². The highest BCUT2D eigenvalue weighted by Gasteiger charge is 2.39. The minimum Gasteiger partial charge on any atom is -0.459 e. The lowest BCUT2D eigenvalue weighted by atomic mass is 9.80. The van der Waals surface area contributed by atoms with Gasteiger partial charge in [0.15, 0.2) is 5.76 Å². The van der Waals surface area contributed by atoms with E-state index in [4.69, 9.17) is 9.47 Å². The van der Waals surface area contributed by atoms with Gasteiger partial charge in [0.2, 0.25) is 12.2 Å². The lowest BCUT2D eigenvalue weighted by Crippen LogP contribution is -2.39. The third-order valence-electron chi connectivity index (χ3n) is 6.32. The summed E-state index contributed by atoms with van der Waals surface area (Å²) in [5.74, 6) is 0.218. The molecule has 1 amide bonds. The minimum atomic E-state index is -0.609. The number of carbonyl (C=O) groups excluding carboxylic acids is 2. The van der Waals surface area contributed by atoms with Gasteiger partial charge in [0.1, 0.15) is 0 Å². The molecule has 7 heteroatoms. The van der Waals surface area contributed by atoms with Crippen molar-refractivity contribution in [2.75, 3.05) is 19.8 Å². The molecule has 2 aromatic rings. The number of carbonyl (C=O) groups is 2. The molecular formula is C25H32N2O5. The molecule has 1 aromatic carbocycles. The van der Waals surface area contributed by atoms with Crippen molar-refractivity contribution in [2.24, 2.45) is 11.8 Å². The van der Waals surface area contributed by atoms with Crippen molar-refractivity contribution in [1.29, 1.82) is 0 Å². The number of aromatic nitrogens is 1. The number of amides is 1. The molecule has 0 saturated heterocycles. The molecule has 3 unspecified atom stereocenters. The Bertz CT molecular complexity index is 1010. The van der Waals surface area contributed by atoms with E-state index in [-0.39, 0.29) is 36.0 Å². The first kappa shape index (κ1) is 22.6. The van der Waals surface area contributed by atoms with Crippen molar-refractivity contribution in [2.45, 2.75) is 51.7 Å². The van der Waals surface area contributed by atoms with Gasteiger partial charge in [-0.15, -0.1) is 0 Å². The molecule has 1 saturated carbocycles. The number of hydrogen-bond donors (Lipinski definition) is 2. The van der Waals surface area contributed by atoms with Crippen LogP contribution in [0, 0.1) is 11.8 Å². The van der Waals surface area contributed by atoms with Crippen LogP contribution in [0.25, 0.3) is 10.9 Å². The Morgan fingerprint density at radius 1 is 1.28 bits per heavy atom. The van der Waals surface area contributed by atoms with E-state index < -0.39 is 6.29 Å². The molecule has 1 fully saturated rings. The number of hydrogen-bond acceptors (Lipinski definition) is 5. The van der Waals surface area contributed by atoms with E-state index in [0.29, 0.717) is 31.9 Å². The first-order valence-corrected chi connectivity index (χ1v) is 11.5. The van der Waals surface area contributed by atoms with Gasteiger partial charge in [0.25, 0.3) is 5.91 Å². The molecule has 0 radical (unpaired) electrons. The number of benzene rings is 1. The van der Waals surface area contributed by atoms with E-state index in [0.717, 1.165) is 29.3 Å². The minimum absolute atomic E-state index is 0.0652. The molecule has 2 aliphatic rings. The van der Waals surface area contributed by atoms with Gasteiger partial charge in [0, 0.05) is 50.1 Å². The Labute approximate surface area is 188 Å². The molecule has 4 rings (SSSR count). The lowest BCUT2D eigenvalue weighted by Gasteiger charge is -2.36. The number of ether oxygens (including phenoxy) is 2. The van der Waals surface area contributed by atoms with Crippen molar-refractivity contribution in [3.05, 3.63) is 47.9 Å². The van der Waals surface area contributed by atoms with Crippen LogP contribution in [0.1, 0.15) is 55.8 Å². The zero-order valence-corrected chi connectivity index (χ0v) is 18.8. The average Bonchev–Trinajstić information content (AvgIpc) is 3.54. The van der Waals surface area contributed by atoms with E-state index >= 15 is 0 Å². The molecule has 0 spiro atoms. The summed E-state index contributed by atoms with van der Waals surface area (Å²) in [6.45, 7) is 4.60. The second-order valence-electron chi connectivity index (χ2n) is 8.67. The predicted molar refractivity (Wildman–Crippen MR) is 121 cm³/mol. The Morgan fingerprint density at radius 3 is 2.75 bits per heavy atom. The average molecular weight is 441 g/mol. The van der Waals surface area contributed by atoms with Crippen molar-refractivity contribution < 1.29 is 24.2 Å². The third-order valence-corrected chi connectivity index (χ3v) is 6.32. The summed E-state index contributed by atoms with van der Waals surface area (Å²) >= 11 is 0. The highest BCUT2D eigenvalue weighted by Crippen LogP contribution is 2.42. The predicted octanol–water partition coefficient (Wildman–Crippen LogP) is 3.58. The number of aliphatic hydroxyl groups is 1. The summed E-state index contributed by atoms with van der Waals surface area (Å²) in [7, 11) is 0. The second kappa shape index (κ2) is 9.88. The number of aliphatic hydroxyl groups excluding tert-OH is 1. The van der Waals surface area contributed by atoms with Crippen LogP contribution in [-0.2, 0) is 14.3 Å². The molecule has 32 heavy (non-hydrogen) atoms. The van der Waals surface area contributed by atoms with Gasteiger partial charge >= 0.3 is 0 Å². The number of fused-ring (bicyclic) bond motifs is 1. The van der Waals surface area contributed by atoms with Crippen LogP contribution < -0.4 is 5.32 Å². The zero-order valence-electron chi connectivity index (χ0n) is 18.8. The van der Waals surface area contributed by atoms with Gasteiger partial charge in [-0.25, -0.2) is 0 Å². The summed E-state index contributed by atoms with van der Waals surface area (Å²) < 4.78 is 13.6. The molecule has 7 nitrogen and oxygen atoms in total. The van der Waals surface area contributed by atoms with Crippen LogP contribution in [0.5, 0.6) is 0 Å². The monoisotopic (exact) mass is 440 g/mol. The maximum Gasteiger partial charge on any atom is 0.286 e. The van der Waals surface area contributed by atoms with Crippen LogP contribution >= 0.6 is 0 Å². The molecule has 2 N–H and O–H groups in total. The Morgan fingerprint density at radius 2 is 2.06 bits per heavy atom. The first-order chi connectivity index (χ1) is 15.5. The standard InChI is InChI=1S/C25H32N2O5/c1-3-31-25-19(8-6-12-28)20(13-23(32-25)24(30)26-14-17-10-11-17)21-15-27(16(2)29)22-9-5-4-7-18(21)22/h4-5,7,9,13,15,17,19-20,25,28H,3,6,8,10-12,14H2,1-2H3,(H,26,30). The molecule has 1 aliphatic heterocycles. The fourth-order valence-corrected chi connectivity index (χ4v) is 4.50. The summed E-state index contributed by atoms with van der Waals surface area (Å²) in [5.41, 5.74) is 1.79. The number of rotatable bonds is 9. The first-order valence-electron chi connectivity index (χ1n) is 11.5. The van der Waals surface area contributed by atoms with E-state index in [1.807, 2.05) is 43.5 Å². The van der Waals surface area contributed by atoms with Crippen LogP contribution in [0.3, 0.4) is 0 Å². The number of allylic oxidation sites excluding steroid dienone is 1. The fraction of sp³-hybridized carbons (Fsp3) is 0.520. The summed E-state index contributed by atoms with van der Waals surface area (Å²) in [6, 6.07) is 7.79. The number of para-hydroxylation sites is 1. The van der Waals surface area contributed by atoms with E-state index in [1.165, 1.54) is 0 Å². The Kier molecular flexibility index (Phi) is 6.96. The molecule has 172 valence electrons. The van der Waals surface area contributed by atoms with E-state index in [9.17, 15) is 14.7 Å². The Balaban J connectivity index is 1.76. The zero-order chi connectivity index (χ0) is 22.7. The largest absolute Gasteiger partial charge is 0.459 e. The summed E-state index contributed by atoms with van der Waals surface area (Å²) in [6.07, 6.45) is 6.69. The van der Waals surface area contributed by atoms with Gasteiger partial charge in [-0.05, 0) is 56.2 Å².